The van der Waals surface area contributed by atoms with Gasteiger partial charge in [0.1, 0.15) is 18.5 Å². The van der Waals surface area contributed by atoms with E-state index in [9.17, 15) is 14.3 Å². The molecule has 10 heteroatoms. The van der Waals surface area contributed by atoms with Crippen molar-refractivity contribution in [3.63, 3.8) is 0 Å². The molecule has 1 aromatic carbocycles. The number of aliphatic hydroxyl groups is 1. The SMILES string of the molecule is O=C(Nc1ncnc2c1ncn2[C@@H]1O[C@H](CI)[C@@H](F)[C@H]1O)c1ccccc1. The molecule has 1 fully saturated rings. The normalized spacial score (nSPS) is 25.0. The van der Waals surface area contributed by atoms with E-state index in [1.807, 2.05) is 28.7 Å². The summed E-state index contributed by atoms with van der Waals surface area (Å²) in [6, 6.07) is 8.69. The number of hydrogen-bond donors (Lipinski definition) is 2. The topological polar surface area (TPSA) is 102 Å². The molecule has 8 nitrogen and oxygen atoms in total. The number of hydrogen-bond acceptors (Lipinski definition) is 6. The second-order valence-electron chi connectivity index (χ2n) is 6.02. The number of imidazole rings is 1. The number of anilines is 1. The van der Waals surface area contributed by atoms with E-state index in [2.05, 4.69) is 20.3 Å². The first kappa shape index (κ1) is 18.2. The number of aliphatic hydroxyl groups excluding tert-OH is 1. The Morgan fingerprint density at radius 2 is 2.07 bits per heavy atom. The molecule has 4 rings (SSSR count). The summed E-state index contributed by atoms with van der Waals surface area (Å²) in [6.07, 6.45) is -1.82. The van der Waals surface area contributed by atoms with Crippen molar-refractivity contribution >= 4 is 45.5 Å². The van der Waals surface area contributed by atoms with Crippen LogP contribution in [0, 0.1) is 0 Å². The molecular weight excluding hydrogens is 468 g/mol. The number of carbonyl (C=O) groups excluding carboxylic acids is 1. The van der Waals surface area contributed by atoms with E-state index < -0.39 is 24.6 Å². The van der Waals surface area contributed by atoms with Gasteiger partial charge in [-0.2, -0.15) is 0 Å². The van der Waals surface area contributed by atoms with Crippen molar-refractivity contribution in [2.45, 2.75) is 24.6 Å². The number of rotatable bonds is 4. The monoisotopic (exact) mass is 483 g/mol. The Morgan fingerprint density at radius 1 is 1.30 bits per heavy atom. The number of fused-ring (bicyclic) bond motifs is 1. The van der Waals surface area contributed by atoms with E-state index in [0.717, 1.165) is 0 Å². The molecule has 3 aromatic rings. The molecule has 1 saturated heterocycles. The van der Waals surface area contributed by atoms with Crippen LogP contribution in [0.25, 0.3) is 11.2 Å². The van der Waals surface area contributed by atoms with Crippen LogP contribution in [0.5, 0.6) is 0 Å². The summed E-state index contributed by atoms with van der Waals surface area (Å²) in [5.74, 6) is -0.113. The van der Waals surface area contributed by atoms with Gasteiger partial charge >= 0.3 is 0 Å². The molecule has 3 heterocycles. The highest BCUT2D eigenvalue weighted by Gasteiger charge is 2.45. The first-order chi connectivity index (χ1) is 13.1. The van der Waals surface area contributed by atoms with Crippen molar-refractivity contribution < 1.29 is 19.0 Å². The van der Waals surface area contributed by atoms with Gasteiger partial charge < -0.3 is 15.2 Å². The fourth-order valence-electron chi connectivity index (χ4n) is 2.96. The number of amides is 1. The minimum Gasteiger partial charge on any atom is -0.385 e. The molecule has 0 aliphatic carbocycles. The Morgan fingerprint density at radius 3 is 2.78 bits per heavy atom. The van der Waals surface area contributed by atoms with Gasteiger partial charge in [-0.25, -0.2) is 19.3 Å². The Hall–Kier alpha value is -2.18. The van der Waals surface area contributed by atoms with Crippen molar-refractivity contribution in [2.24, 2.45) is 0 Å². The van der Waals surface area contributed by atoms with E-state index >= 15 is 0 Å². The third kappa shape index (κ3) is 3.28. The number of benzene rings is 1. The van der Waals surface area contributed by atoms with E-state index in [1.54, 1.807) is 24.3 Å². The number of halogens is 2. The highest BCUT2D eigenvalue weighted by molar-refractivity contribution is 14.1. The number of carbonyl (C=O) groups is 1. The van der Waals surface area contributed by atoms with Gasteiger partial charge in [0.15, 0.2) is 29.4 Å². The van der Waals surface area contributed by atoms with Crippen LogP contribution in [0.3, 0.4) is 0 Å². The van der Waals surface area contributed by atoms with Crippen LogP contribution in [0.4, 0.5) is 10.2 Å². The van der Waals surface area contributed by atoms with Crippen molar-refractivity contribution in [3.8, 4) is 0 Å². The highest BCUT2D eigenvalue weighted by atomic mass is 127. The van der Waals surface area contributed by atoms with Crippen LogP contribution in [0.15, 0.2) is 43.0 Å². The van der Waals surface area contributed by atoms with Gasteiger partial charge in [-0.3, -0.25) is 9.36 Å². The van der Waals surface area contributed by atoms with Crippen molar-refractivity contribution in [1.82, 2.24) is 19.5 Å². The molecule has 4 atom stereocenters. The minimum atomic E-state index is -1.50. The lowest BCUT2D eigenvalue weighted by molar-refractivity contribution is -0.0280. The zero-order valence-electron chi connectivity index (χ0n) is 13.9. The maximum absolute atomic E-state index is 14.2. The smallest absolute Gasteiger partial charge is 0.256 e. The Labute approximate surface area is 166 Å². The van der Waals surface area contributed by atoms with Crippen LogP contribution in [-0.2, 0) is 4.74 Å². The van der Waals surface area contributed by atoms with E-state index in [1.165, 1.54) is 17.2 Å². The summed E-state index contributed by atoms with van der Waals surface area (Å²) in [4.78, 5) is 24.8. The number of nitrogens with zero attached hydrogens (tertiary/aromatic N) is 4. The molecule has 2 aromatic heterocycles. The van der Waals surface area contributed by atoms with Gasteiger partial charge in [0.05, 0.1) is 6.33 Å². The fourth-order valence-corrected chi connectivity index (χ4v) is 3.66. The third-order valence-corrected chi connectivity index (χ3v) is 5.21. The van der Waals surface area contributed by atoms with Crippen LogP contribution >= 0.6 is 22.6 Å². The summed E-state index contributed by atoms with van der Waals surface area (Å²) >= 11 is 2.01. The number of nitrogens with one attached hydrogen (secondary N) is 1. The molecule has 1 aliphatic rings. The Balaban J connectivity index is 1.65. The average molecular weight is 483 g/mol. The van der Waals surface area contributed by atoms with Crippen LogP contribution in [0.2, 0.25) is 0 Å². The van der Waals surface area contributed by atoms with Crippen molar-refractivity contribution in [1.29, 1.82) is 0 Å². The van der Waals surface area contributed by atoms with Gasteiger partial charge in [0.2, 0.25) is 0 Å². The Kier molecular flexibility index (Phi) is 5.02. The van der Waals surface area contributed by atoms with Gasteiger partial charge in [-0.15, -0.1) is 0 Å². The lowest BCUT2D eigenvalue weighted by atomic mass is 10.2. The first-order valence-electron chi connectivity index (χ1n) is 8.17. The first-order valence-corrected chi connectivity index (χ1v) is 9.70. The van der Waals surface area contributed by atoms with Gasteiger partial charge in [-0.05, 0) is 12.1 Å². The summed E-state index contributed by atoms with van der Waals surface area (Å²) < 4.78 is 21.6. The standard InChI is InChI=1S/C17H15FIN5O3/c18-11-10(6-19)27-17(13(11)25)24-8-22-12-14(20-7-21-15(12)24)23-16(26)9-4-2-1-3-5-9/h1-5,7-8,10-11,13,17,25H,6H2,(H,20,21,23,26)/t10-,11-,13-,17-/m1/s1. The second kappa shape index (κ2) is 7.44. The van der Waals surface area contributed by atoms with Gasteiger partial charge in [0, 0.05) is 9.99 Å². The largest absolute Gasteiger partial charge is 0.385 e. The molecule has 0 radical (unpaired) electrons. The van der Waals surface area contributed by atoms with Crippen LogP contribution in [-0.4, -0.2) is 53.3 Å². The molecular formula is C17H15FIN5O3. The lowest BCUT2D eigenvalue weighted by Gasteiger charge is -2.16. The second-order valence-corrected chi connectivity index (χ2v) is 6.90. The zero-order chi connectivity index (χ0) is 19.0. The fraction of sp³-hybridized carbons (Fsp3) is 0.294. The minimum absolute atomic E-state index is 0.224. The Bertz CT molecular complexity index is 970. The molecule has 0 unspecified atom stereocenters. The molecule has 27 heavy (non-hydrogen) atoms. The van der Waals surface area contributed by atoms with Crippen molar-refractivity contribution in [2.75, 3.05) is 9.74 Å². The highest BCUT2D eigenvalue weighted by Crippen LogP contribution is 2.34. The molecule has 140 valence electrons. The average Bonchev–Trinajstić information content (AvgIpc) is 3.25. The summed E-state index contributed by atoms with van der Waals surface area (Å²) in [5.41, 5.74) is 1.13. The van der Waals surface area contributed by atoms with Crippen LogP contribution < -0.4 is 5.32 Å². The third-order valence-electron chi connectivity index (χ3n) is 4.34. The number of ether oxygens (including phenoxy) is 1. The van der Waals surface area contributed by atoms with Gasteiger partial charge in [0.25, 0.3) is 5.91 Å². The molecule has 1 aliphatic heterocycles. The van der Waals surface area contributed by atoms with Crippen molar-refractivity contribution in [3.05, 3.63) is 48.5 Å². The summed E-state index contributed by atoms with van der Waals surface area (Å²) in [6.45, 7) is 0. The lowest BCUT2D eigenvalue weighted by Crippen LogP contribution is -2.28. The van der Waals surface area contributed by atoms with E-state index in [4.69, 9.17) is 4.74 Å². The quantitative estimate of drug-likeness (QED) is 0.436. The molecule has 1 amide bonds. The summed E-state index contributed by atoms with van der Waals surface area (Å²) in [5, 5.41) is 12.9. The number of alkyl halides is 2. The maximum atomic E-state index is 14.2. The molecule has 0 saturated carbocycles. The molecule has 0 bridgehead atoms. The number of aromatic nitrogens is 4. The summed E-state index contributed by atoms with van der Waals surface area (Å²) in [7, 11) is 0. The molecule has 2 N–H and O–H groups in total. The predicted octanol–water partition coefficient (Wildman–Crippen LogP) is 2.11. The molecule has 0 spiro atoms. The predicted molar refractivity (Wildman–Crippen MR) is 103 cm³/mol. The zero-order valence-corrected chi connectivity index (χ0v) is 16.0. The van der Waals surface area contributed by atoms with E-state index in [0.29, 0.717) is 21.2 Å². The van der Waals surface area contributed by atoms with E-state index in [-0.39, 0.29) is 11.7 Å². The van der Waals surface area contributed by atoms with Gasteiger partial charge in [-0.1, -0.05) is 40.8 Å². The van der Waals surface area contributed by atoms with Crippen LogP contribution in [0.1, 0.15) is 16.6 Å². The maximum Gasteiger partial charge on any atom is 0.256 e.